The van der Waals surface area contributed by atoms with Crippen LogP contribution in [-0.2, 0) is 6.42 Å². The molecule has 18 heavy (non-hydrogen) atoms. The van der Waals surface area contributed by atoms with Gasteiger partial charge in [0, 0.05) is 23.5 Å². The summed E-state index contributed by atoms with van der Waals surface area (Å²) in [4.78, 5) is 15.5. The number of hydrogen-bond acceptors (Lipinski definition) is 4. The molecule has 2 N–H and O–H groups in total. The third-order valence-electron chi connectivity index (χ3n) is 2.31. The van der Waals surface area contributed by atoms with Crippen LogP contribution >= 0.6 is 11.3 Å². The maximum absolute atomic E-state index is 13.1. The van der Waals surface area contributed by atoms with E-state index in [0.29, 0.717) is 15.4 Å². The molecule has 4 nitrogen and oxygen atoms in total. The van der Waals surface area contributed by atoms with E-state index in [2.05, 4.69) is 4.98 Å². The Morgan fingerprint density at radius 2 is 2.22 bits per heavy atom. The Kier molecular flexibility index (Phi) is 3.69. The SMILES string of the molecule is O=C(O)c1nc(-c2cccc(F)c2)sc1CCO. The van der Waals surface area contributed by atoms with Crippen LogP contribution in [0.15, 0.2) is 24.3 Å². The van der Waals surface area contributed by atoms with Gasteiger partial charge in [0.25, 0.3) is 0 Å². The summed E-state index contributed by atoms with van der Waals surface area (Å²) >= 11 is 1.16. The molecule has 0 radical (unpaired) electrons. The predicted octanol–water partition coefficient (Wildman–Crippen LogP) is 2.18. The van der Waals surface area contributed by atoms with Crippen molar-refractivity contribution in [1.29, 1.82) is 0 Å². The van der Waals surface area contributed by atoms with Crippen molar-refractivity contribution >= 4 is 17.3 Å². The zero-order valence-electron chi connectivity index (χ0n) is 9.26. The van der Waals surface area contributed by atoms with E-state index in [1.165, 1.54) is 18.2 Å². The lowest BCUT2D eigenvalue weighted by molar-refractivity contribution is 0.0690. The van der Waals surface area contributed by atoms with Crippen molar-refractivity contribution in [3.8, 4) is 10.6 Å². The third kappa shape index (κ3) is 2.55. The highest BCUT2D eigenvalue weighted by molar-refractivity contribution is 7.15. The van der Waals surface area contributed by atoms with Crippen LogP contribution in [0.3, 0.4) is 0 Å². The smallest absolute Gasteiger partial charge is 0.355 e. The quantitative estimate of drug-likeness (QED) is 0.890. The van der Waals surface area contributed by atoms with E-state index in [0.717, 1.165) is 11.3 Å². The number of nitrogens with zero attached hydrogens (tertiary/aromatic N) is 1. The standard InChI is InChI=1S/C12H10FNO3S/c13-8-3-1-2-7(6-8)11-14-10(12(16)17)9(18-11)4-5-15/h1-3,6,15H,4-5H2,(H,16,17). The summed E-state index contributed by atoms with van der Waals surface area (Å²) in [6, 6.07) is 5.81. The zero-order chi connectivity index (χ0) is 13.1. The van der Waals surface area contributed by atoms with Crippen LogP contribution in [0.5, 0.6) is 0 Å². The van der Waals surface area contributed by atoms with Gasteiger partial charge in [-0.05, 0) is 12.1 Å². The maximum atomic E-state index is 13.1. The van der Waals surface area contributed by atoms with Gasteiger partial charge in [-0.2, -0.15) is 0 Å². The fourth-order valence-electron chi connectivity index (χ4n) is 1.53. The monoisotopic (exact) mass is 267 g/mol. The van der Waals surface area contributed by atoms with Gasteiger partial charge in [0.2, 0.25) is 0 Å². The summed E-state index contributed by atoms with van der Waals surface area (Å²) < 4.78 is 13.1. The van der Waals surface area contributed by atoms with Gasteiger partial charge in [0.05, 0.1) is 0 Å². The molecule has 0 saturated carbocycles. The number of rotatable bonds is 4. The molecule has 0 atom stereocenters. The van der Waals surface area contributed by atoms with Crippen LogP contribution in [0, 0.1) is 5.82 Å². The molecule has 0 fully saturated rings. The fraction of sp³-hybridized carbons (Fsp3) is 0.167. The first kappa shape index (κ1) is 12.7. The fourth-order valence-corrected chi connectivity index (χ4v) is 2.57. The summed E-state index contributed by atoms with van der Waals surface area (Å²) in [5, 5.41) is 18.3. The predicted molar refractivity (Wildman–Crippen MR) is 65.3 cm³/mol. The van der Waals surface area contributed by atoms with Gasteiger partial charge < -0.3 is 10.2 Å². The van der Waals surface area contributed by atoms with Gasteiger partial charge in [-0.3, -0.25) is 0 Å². The second-order valence-electron chi connectivity index (χ2n) is 3.58. The minimum Gasteiger partial charge on any atom is -0.476 e. The summed E-state index contributed by atoms with van der Waals surface area (Å²) in [7, 11) is 0. The molecule has 1 aromatic heterocycles. The molecule has 0 saturated heterocycles. The first-order valence-electron chi connectivity index (χ1n) is 5.21. The molecule has 0 unspecified atom stereocenters. The molecule has 0 bridgehead atoms. The highest BCUT2D eigenvalue weighted by Gasteiger charge is 2.17. The summed E-state index contributed by atoms with van der Waals surface area (Å²) in [5.74, 6) is -1.54. The van der Waals surface area contributed by atoms with Crippen molar-refractivity contribution in [1.82, 2.24) is 4.98 Å². The normalized spacial score (nSPS) is 10.6. The number of carboxylic acids is 1. The molecule has 1 aromatic carbocycles. The average Bonchev–Trinajstić information content (AvgIpc) is 2.74. The largest absolute Gasteiger partial charge is 0.476 e. The summed E-state index contributed by atoms with van der Waals surface area (Å²) in [6.45, 7) is -0.148. The molecule has 94 valence electrons. The Hall–Kier alpha value is -1.79. The number of aromatic nitrogens is 1. The highest BCUT2D eigenvalue weighted by atomic mass is 32.1. The van der Waals surface area contributed by atoms with Crippen LogP contribution < -0.4 is 0 Å². The number of carboxylic acid groups (broad SMARTS) is 1. The van der Waals surface area contributed by atoms with Gasteiger partial charge in [0.1, 0.15) is 10.8 Å². The van der Waals surface area contributed by atoms with Crippen LogP contribution in [0.1, 0.15) is 15.4 Å². The van der Waals surface area contributed by atoms with E-state index >= 15 is 0 Å². The van der Waals surface area contributed by atoms with Gasteiger partial charge in [-0.15, -0.1) is 11.3 Å². The van der Waals surface area contributed by atoms with Crippen LogP contribution in [0.2, 0.25) is 0 Å². The maximum Gasteiger partial charge on any atom is 0.355 e. The molecule has 2 rings (SSSR count). The molecule has 0 aliphatic heterocycles. The molecule has 6 heteroatoms. The Labute approximate surface area is 106 Å². The number of benzene rings is 1. The lowest BCUT2D eigenvalue weighted by Crippen LogP contribution is -2.02. The first-order chi connectivity index (χ1) is 8.61. The second kappa shape index (κ2) is 5.24. The van der Waals surface area contributed by atoms with E-state index < -0.39 is 11.8 Å². The molecular weight excluding hydrogens is 257 g/mol. The first-order valence-corrected chi connectivity index (χ1v) is 6.03. The third-order valence-corrected chi connectivity index (χ3v) is 3.47. The van der Waals surface area contributed by atoms with Gasteiger partial charge in [-0.1, -0.05) is 12.1 Å². The number of carbonyl (C=O) groups is 1. The van der Waals surface area contributed by atoms with E-state index in [4.69, 9.17) is 10.2 Å². The van der Waals surface area contributed by atoms with Gasteiger partial charge >= 0.3 is 5.97 Å². The topological polar surface area (TPSA) is 70.4 Å². The van der Waals surface area contributed by atoms with Crippen molar-refractivity contribution < 1.29 is 19.4 Å². The number of halogens is 1. The molecule has 1 heterocycles. The minimum absolute atomic E-state index is 0.0756. The van der Waals surface area contributed by atoms with Crippen LogP contribution in [0.4, 0.5) is 4.39 Å². The number of aliphatic hydroxyl groups is 1. The van der Waals surface area contributed by atoms with E-state index in [1.54, 1.807) is 6.07 Å². The summed E-state index contributed by atoms with van der Waals surface area (Å²) in [5.41, 5.74) is 0.458. The van der Waals surface area contributed by atoms with Crippen molar-refractivity contribution in [2.75, 3.05) is 6.61 Å². The van der Waals surface area contributed by atoms with Crippen molar-refractivity contribution in [3.63, 3.8) is 0 Å². The minimum atomic E-state index is -1.14. The molecule has 0 aliphatic carbocycles. The van der Waals surface area contributed by atoms with Crippen molar-refractivity contribution in [2.45, 2.75) is 6.42 Å². The van der Waals surface area contributed by atoms with Crippen molar-refractivity contribution in [2.24, 2.45) is 0 Å². The Balaban J connectivity index is 2.46. The molecule has 0 amide bonds. The Morgan fingerprint density at radius 3 is 2.83 bits per heavy atom. The van der Waals surface area contributed by atoms with Gasteiger partial charge in [0.15, 0.2) is 5.69 Å². The lowest BCUT2D eigenvalue weighted by atomic mass is 10.2. The molecule has 0 spiro atoms. The van der Waals surface area contributed by atoms with Crippen LogP contribution in [-0.4, -0.2) is 27.8 Å². The van der Waals surface area contributed by atoms with Crippen LogP contribution in [0.25, 0.3) is 10.6 Å². The lowest BCUT2D eigenvalue weighted by Gasteiger charge is -1.94. The average molecular weight is 267 g/mol. The Bertz CT molecular complexity index is 582. The number of thiazole rings is 1. The van der Waals surface area contributed by atoms with Gasteiger partial charge in [-0.25, -0.2) is 14.2 Å². The van der Waals surface area contributed by atoms with E-state index in [1.807, 2.05) is 0 Å². The molecule has 2 aromatic rings. The van der Waals surface area contributed by atoms with Crippen molar-refractivity contribution in [3.05, 3.63) is 40.7 Å². The zero-order valence-corrected chi connectivity index (χ0v) is 10.1. The van der Waals surface area contributed by atoms with E-state index in [9.17, 15) is 9.18 Å². The Morgan fingerprint density at radius 1 is 1.44 bits per heavy atom. The molecule has 0 aliphatic rings. The number of aromatic carboxylic acids is 1. The molecular formula is C12H10FNO3S. The summed E-state index contributed by atoms with van der Waals surface area (Å²) in [6.07, 6.45) is 0.231. The van der Waals surface area contributed by atoms with E-state index in [-0.39, 0.29) is 18.7 Å². The second-order valence-corrected chi connectivity index (χ2v) is 4.66. The number of hydrogen-bond donors (Lipinski definition) is 2. The highest BCUT2D eigenvalue weighted by Crippen LogP contribution is 2.28. The number of aliphatic hydroxyl groups excluding tert-OH is 1.